The number of nitrogens with zero attached hydrogens (tertiary/aromatic N) is 2. The van der Waals surface area contributed by atoms with E-state index in [1.807, 2.05) is 20.2 Å². The monoisotopic (exact) mass is 413 g/mol. The molecule has 0 spiro atoms. The third-order valence-corrected chi connectivity index (χ3v) is 6.18. The molecule has 30 heavy (non-hydrogen) atoms. The molecule has 0 radical (unpaired) electrons. The highest BCUT2D eigenvalue weighted by Crippen LogP contribution is 2.40. The lowest BCUT2D eigenvalue weighted by Gasteiger charge is -2.18. The van der Waals surface area contributed by atoms with Crippen molar-refractivity contribution in [2.45, 2.75) is 51.0 Å². The van der Waals surface area contributed by atoms with E-state index in [4.69, 9.17) is 14.5 Å². The quantitative estimate of drug-likeness (QED) is 0.586. The number of aliphatic hydroxyl groups excluding tert-OH is 1. The van der Waals surface area contributed by atoms with E-state index in [1.54, 1.807) is 7.11 Å². The van der Waals surface area contributed by atoms with Crippen molar-refractivity contribution in [1.82, 2.24) is 9.88 Å². The van der Waals surface area contributed by atoms with E-state index in [1.165, 1.54) is 36.2 Å². The number of fused-ring (bicyclic) bond motifs is 2. The van der Waals surface area contributed by atoms with Crippen molar-refractivity contribution >= 4 is 16.6 Å². The molecule has 1 aromatic heterocycles. The zero-order valence-corrected chi connectivity index (χ0v) is 18.5. The van der Waals surface area contributed by atoms with E-state index >= 15 is 0 Å². The van der Waals surface area contributed by atoms with Crippen LogP contribution in [0.4, 0.5) is 5.69 Å². The first-order valence-electron chi connectivity index (χ1n) is 11.3. The summed E-state index contributed by atoms with van der Waals surface area (Å²) in [6, 6.07) is 4.06. The molecule has 164 valence electrons. The fourth-order valence-electron chi connectivity index (χ4n) is 4.17. The molecule has 0 aliphatic heterocycles. The number of ether oxygens (including phenoxy) is 2. The van der Waals surface area contributed by atoms with Gasteiger partial charge in [0.2, 0.25) is 0 Å². The summed E-state index contributed by atoms with van der Waals surface area (Å²) < 4.78 is 11.7. The zero-order valence-electron chi connectivity index (χ0n) is 18.5. The number of nitrogens with one attached hydrogen (secondary N) is 1. The van der Waals surface area contributed by atoms with Crippen LogP contribution >= 0.6 is 0 Å². The van der Waals surface area contributed by atoms with Crippen LogP contribution < -0.4 is 14.8 Å². The zero-order chi connectivity index (χ0) is 21.1. The number of hydrogen-bond acceptors (Lipinski definition) is 6. The van der Waals surface area contributed by atoms with E-state index in [-0.39, 0.29) is 6.10 Å². The Morgan fingerprint density at radius 3 is 2.77 bits per heavy atom. The Kier molecular flexibility index (Phi) is 6.64. The maximum absolute atomic E-state index is 10.2. The summed E-state index contributed by atoms with van der Waals surface area (Å²) in [5.41, 5.74) is 4.79. The van der Waals surface area contributed by atoms with E-state index in [9.17, 15) is 5.11 Å². The summed E-state index contributed by atoms with van der Waals surface area (Å²) >= 11 is 0. The first kappa shape index (κ1) is 21.2. The highest BCUT2D eigenvalue weighted by molar-refractivity contribution is 5.96. The number of aromatic nitrogens is 1. The Hall–Kier alpha value is -2.05. The van der Waals surface area contributed by atoms with Gasteiger partial charge in [-0.05, 0) is 76.7 Å². The minimum absolute atomic E-state index is 0.363. The van der Waals surface area contributed by atoms with Crippen molar-refractivity contribution in [3.63, 3.8) is 0 Å². The highest BCUT2D eigenvalue weighted by Gasteiger charge is 2.25. The van der Waals surface area contributed by atoms with Gasteiger partial charge in [0.05, 0.1) is 25.3 Å². The average Bonchev–Trinajstić information content (AvgIpc) is 3.44. The molecule has 1 atom stereocenters. The van der Waals surface area contributed by atoms with Crippen LogP contribution in [0.3, 0.4) is 0 Å². The minimum Gasteiger partial charge on any atom is -0.493 e. The standard InChI is InChI=1S/C24H35N3O3/c1-27(2)11-9-17(28)10-12-30-23-14-21-19(13-22(23)29-3)24(25-15-16-7-8-16)18-5-4-6-20(18)26-21/h13-14,16-17,28H,4-12,15H2,1-3H3,(H,25,26). The predicted octanol–water partition coefficient (Wildman–Crippen LogP) is 3.64. The molecule has 1 heterocycles. The van der Waals surface area contributed by atoms with Crippen LogP contribution in [-0.2, 0) is 12.8 Å². The molecule has 6 nitrogen and oxygen atoms in total. The van der Waals surface area contributed by atoms with E-state index < -0.39 is 0 Å². The van der Waals surface area contributed by atoms with Crippen molar-refractivity contribution in [3.05, 3.63) is 23.4 Å². The normalized spacial score (nSPS) is 16.7. The molecule has 4 rings (SSSR count). The van der Waals surface area contributed by atoms with E-state index in [0.717, 1.165) is 54.9 Å². The molecular weight excluding hydrogens is 378 g/mol. The fourth-order valence-corrected chi connectivity index (χ4v) is 4.17. The van der Waals surface area contributed by atoms with Gasteiger partial charge < -0.3 is 24.8 Å². The summed E-state index contributed by atoms with van der Waals surface area (Å²) in [6.07, 6.45) is 6.95. The lowest BCUT2D eigenvalue weighted by Crippen LogP contribution is -2.21. The van der Waals surface area contributed by atoms with E-state index in [0.29, 0.717) is 18.8 Å². The van der Waals surface area contributed by atoms with Crippen molar-refractivity contribution in [2.24, 2.45) is 5.92 Å². The summed E-state index contributed by atoms with van der Waals surface area (Å²) in [4.78, 5) is 7.04. The Morgan fingerprint density at radius 1 is 1.20 bits per heavy atom. The third kappa shape index (κ3) is 4.98. The first-order chi connectivity index (χ1) is 14.5. The molecule has 0 bridgehead atoms. The highest BCUT2D eigenvalue weighted by atomic mass is 16.5. The van der Waals surface area contributed by atoms with Gasteiger partial charge in [-0.3, -0.25) is 4.98 Å². The van der Waals surface area contributed by atoms with Crippen LogP contribution in [0.15, 0.2) is 12.1 Å². The van der Waals surface area contributed by atoms with Crippen LogP contribution in [0.1, 0.15) is 43.4 Å². The van der Waals surface area contributed by atoms with Gasteiger partial charge in [0.15, 0.2) is 11.5 Å². The second-order valence-electron chi connectivity index (χ2n) is 8.99. The number of aliphatic hydroxyl groups is 1. The van der Waals surface area contributed by atoms with Gasteiger partial charge in [0, 0.05) is 35.8 Å². The Bertz CT molecular complexity index is 880. The summed E-state index contributed by atoms with van der Waals surface area (Å²) in [5.74, 6) is 2.23. The fraction of sp³-hybridized carbons (Fsp3) is 0.625. The molecule has 2 aliphatic carbocycles. The van der Waals surface area contributed by atoms with Gasteiger partial charge in [-0.1, -0.05) is 0 Å². The number of methoxy groups -OCH3 is 1. The molecule has 2 aromatic rings. The Balaban J connectivity index is 1.53. The van der Waals surface area contributed by atoms with Gasteiger partial charge in [0.25, 0.3) is 0 Å². The number of pyridine rings is 1. The largest absolute Gasteiger partial charge is 0.493 e. The van der Waals surface area contributed by atoms with Crippen molar-refractivity contribution in [2.75, 3.05) is 46.2 Å². The van der Waals surface area contributed by atoms with Gasteiger partial charge >= 0.3 is 0 Å². The molecule has 1 unspecified atom stereocenters. The van der Waals surface area contributed by atoms with Gasteiger partial charge in [-0.25, -0.2) is 0 Å². The SMILES string of the molecule is COc1cc2c(NCC3CC3)c3c(nc2cc1OCCC(O)CCN(C)C)CCC3. The summed E-state index contributed by atoms with van der Waals surface area (Å²) in [6.45, 7) is 2.36. The minimum atomic E-state index is -0.363. The van der Waals surface area contributed by atoms with Crippen LogP contribution in [0.25, 0.3) is 10.9 Å². The van der Waals surface area contributed by atoms with Crippen molar-refractivity contribution in [3.8, 4) is 11.5 Å². The molecule has 1 fully saturated rings. The van der Waals surface area contributed by atoms with Crippen LogP contribution in [0, 0.1) is 5.92 Å². The number of benzene rings is 1. The summed E-state index contributed by atoms with van der Waals surface area (Å²) in [5, 5.41) is 15.0. The molecule has 2 N–H and O–H groups in total. The first-order valence-corrected chi connectivity index (χ1v) is 11.3. The average molecular weight is 414 g/mol. The molecule has 2 aliphatic rings. The smallest absolute Gasteiger partial charge is 0.163 e. The summed E-state index contributed by atoms with van der Waals surface area (Å²) in [7, 11) is 5.71. The van der Waals surface area contributed by atoms with Crippen LogP contribution in [0.5, 0.6) is 11.5 Å². The Labute approximate surface area is 179 Å². The van der Waals surface area contributed by atoms with E-state index in [2.05, 4.69) is 16.3 Å². The lowest BCUT2D eigenvalue weighted by atomic mass is 10.1. The predicted molar refractivity (Wildman–Crippen MR) is 121 cm³/mol. The number of hydrogen-bond donors (Lipinski definition) is 2. The van der Waals surface area contributed by atoms with Crippen molar-refractivity contribution in [1.29, 1.82) is 0 Å². The molecular formula is C24H35N3O3. The number of anilines is 1. The molecule has 0 amide bonds. The third-order valence-electron chi connectivity index (χ3n) is 6.18. The maximum Gasteiger partial charge on any atom is 0.163 e. The molecule has 6 heteroatoms. The number of rotatable bonds is 11. The van der Waals surface area contributed by atoms with Gasteiger partial charge in [-0.15, -0.1) is 0 Å². The molecule has 1 aromatic carbocycles. The van der Waals surface area contributed by atoms with Gasteiger partial charge in [-0.2, -0.15) is 0 Å². The second-order valence-corrected chi connectivity index (χ2v) is 8.99. The van der Waals surface area contributed by atoms with Crippen LogP contribution in [0.2, 0.25) is 0 Å². The maximum atomic E-state index is 10.2. The second kappa shape index (κ2) is 9.40. The molecule has 0 saturated heterocycles. The lowest BCUT2D eigenvalue weighted by molar-refractivity contribution is 0.121. The molecule has 1 saturated carbocycles. The van der Waals surface area contributed by atoms with Crippen LogP contribution in [-0.4, -0.2) is 62.0 Å². The van der Waals surface area contributed by atoms with Gasteiger partial charge in [0.1, 0.15) is 0 Å². The topological polar surface area (TPSA) is 66.8 Å². The number of aryl methyl sites for hydroxylation is 1. The van der Waals surface area contributed by atoms with Crippen molar-refractivity contribution < 1.29 is 14.6 Å². The Morgan fingerprint density at radius 2 is 2.03 bits per heavy atom.